The molecule has 2 aromatic rings. The molecule has 0 aromatic carbocycles. The van der Waals surface area contributed by atoms with Crippen molar-refractivity contribution in [1.82, 2.24) is 9.38 Å². The second kappa shape index (κ2) is 5.01. The molecule has 2 atom stereocenters. The molecule has 5 nitrogen and oxygen atoms in total. The lowest BCUT2D eigenvalue weighted by atomic mass is 9.94. The number of anilines is 1. The summed E-state index contributed by atoms with van der Waals surface area (Å²) >= 11 is 0. The van der Waals surface area contributed by atoms with E-state index in [1.54, 1.807) is 6.20 Å². The molecule has 1 N–H and O–H groups in total. The third kappa shape index (κ3) is 2.33. The third-order valence-electron chi connectivity index (χ3n) is 3.62. The highest BCUT2D eigenvalue weighted by Gasteiger charge is 2.28. The number of aromatic nitrogens is 2. The highest BCUT2D eigenvalue weighted by molar-refractivity contribution is 5.92. The predicted octanol–water partition coefficient (Wildman–Crippen LogP) is 2.09. The Kier molecular flexibility index (Phi) is 3.21. The van der Waals surface area contributed by atoms with Gasteiger partial charge in [-0.15, -0.1) is 0 Å². The average Bonchev–Trinajstić information content (AvgIpc) is 2.88. The number of carbonyl (C=O) groups is 1. The molecule has 1 amide bonds. The zero-order valence-electron chi connectivity index (χ0n) is 10.9. The van der Waals surface area contributed by atoms with Crippen molar-refractivity contribution in [3.63, 3.8) is 0 Å². The Hall–Kier alpha value is -1.88. The summed E-state index contributed by atoms with van der Waals surface area (Å²) in [6, 6.07) is 5.67. The molecule has 0 radical (unpaired) electrons. The van der Waals surface area contributed by atoms with Crippen molar-refractivity contribution in [1.29, 1.82) is 0 Å². The maximum absolute atomic E-state index is 12.3. The average molecular weight is 259 g/mol. The van der Waals surface area contributed by atoms with E-state index in [4.69, 9.17) is 4.74 Å². The van der Waals surface area contributed by atoms with Crippen LogP contribution in [0.2, 0.25) is 0 Å². The summed E-state index contributed by atoms with van der Waals surface area (Å²) < 4.78 is 7.41. The summed E-state index contributed by atoms with van der Waals surface area (Å²) in [6.45, 7) is 2.71. The Labute approximate surface area is 111 Å². The van der Waals surface area contributed by atoms with Gasteiger partial charge in [-0.2, -0.15) is 0 Å². The van der Waals surface area contributed by atoms with Gasteiger partial charge in [-0.1, -0.05) is 6.07 Å². The van der Waals surface area contributed by atoms with E-state index in [9.17, 15) is 4.79 Å². The Morgan fingerprint density at radius 2 is 2.42 bits per heavy atom. The number of imidazole rings is 1. The first-order valence-electron chi connectivity index (χ1n) is 6.60. The number of rotatable bonds is 2. The van der Waals surface area contributed by atoms with Gasteiger partial charge in [0.25, 0.3) is 0 Å². The van der Waals surface area contributed by atoms with E-state index in [1.807, 2.05) is 35.7 Å². The molecule has 3 heterocycles. The van der Waals surface area contributed by atoms with Crippen molar-refractivity contribution in [3.05, 3.63) is 30.6 Å². The smallest absolute Gasteiger partial charge is 0.231 e. The first-order chi connectivity index (χ1) is 9.25. The topological polar surface area (TPSA) is 55.6 Å². The molecule has 0 aliphatic carbocycles. The van der Waals surface area contributed by atoms with E-state index in [1.165, 1.54) is 0 Å². The zero-order valence-corrected chi connectivity index (χ0v) is 10.9. The number of fused-ring (bicyclic) bond motifs is 1. The first kappa shape index (κ1) is 12.2. The summed E-state index contributed by atoms with van der Waals surface area (Å²) in [5.41, 5.74) is 0.825. The Balaban J connectivity index is 1.80. The first-order valence-corrected chi connectivity index (χ1v) is 6.60. The number of hydrogen-bond donors (Lipinski definition) is 1. The van der Waals surface area contributed by atoms with Crippen molar-refractivity contribution in [2.75, 3.05) is 11.9 Å². The fourth-order valence-electron chi connectivity index (χ4n) is 2.54. The number of amides is 1. The summed E-state index contributed by atoms with van der Waals surface area (Å²) in [7, 11) is 0. The number of hydrogen-bond acceptors (Lipinski definition) is 3. The van der Waals surface area contributed by atoms with Crippen molar-refractivity contribution < 1.29 is 9.53 Å². The van der Waals surface area contributed by atoms with E-state index in [0.29, 0.717) is 0 Å². The Morgan fingerprint density at radius 1 is 1.53 bits per heavy atom. The molecule has 1 fully saturated rings. The molecule has 0 bridgehead atoms. The fourth-order valence-corrected chi connectivity index (χ4v) is 2.54. The van der Waals surface area contributed by atoms with Gasteiger partial charge in [-0.25, -0.2) is 4.98 Å². The van der Waals surface area contributed by atoms with Crippen molar-refractivity contribution in [3.8, 4) is 0 Å². The van der Waals surface area contributed by atoms with Crippen molar-refractivity contribution in [2.45, 2.75) is 25.9 Å². The van der Waals surface area contributed by atoms with Crippen LogP contribution in [-0.2, 0) is 9.53 Å². The lowest BCUT2D eigenvalue weighted by Gasteiger charge is -2.28. The maximum atomic E-state index is 12.3. The van der Waals surface area contributed by atoms with Gasteiger partial charge in [0.1, 0.15) is 11.5 Å². The van der Waals surface area contributed by atoms with Crippen molar-refractivity contribution in [2.24, 2.45) is 5.92 Å². The van der Waals surface area contributed by atoms with Gasteiger partial charge in [0.05, 0.1) is 12.0 Å². The van der Waals surface area contributed by atoms with Crippen molar-refractivity contribution >= 4 is 17.4 Å². The second-order valence-electron chi connectivity index (χ2n) is 4.88. The van der Waals surface area contributed by atoms with Crippen LogP contribution in [-0.4, -0.2) is 28.0 Å². The maximum Gasteiger partial charge on any atom is 0.231 e. The number of pyridine rings is 1. The molecule has 2 unspecified atom stereocenters. The van der Waals surface area contributed by atoms with Gasteiger partial charge in [-0.05, 0) is 31.9 Å². The fraction of sp³-hybridized carbons (Fsp3) is 0.429. The minimum atomic E-state index is -0.0764. The van der Waals surface area contributed by atoms with Crippen LogP contribution < -0.4 is 5.32 Å². The SMILES string of the molecule is CC1OCCCC1C(=O)Nc1cccc2nccn12. The number of nitrogens with zero attached hydrogens (tertiary/aromatic N) is 2. The molecular formula is C14H17N3O2. The number of nitrogens with one attached hydrogen (secondary N) is 1. The molecule has 1 aliphatic rings. The lowest BCUT2D eigenvalue weighted by Crippen LogP contribution is -2.36. The molecule has 1 aliphatic heterocycles. The minimum Gasteiger partial charge on any atom is -0.378 e. The normalized spacial score (nSPS) is 23.4. The molecule has 19 heavy (non-hydrogen) atoms. The molecule has 100 valence electrons. The second-order valence-corrected chi connectivity index (χ2v) is 4.88. The van der Waals surface area contributed by atoms with Crippen LogP contribution in [0.3, 0.4) is 0 Å². The van der Waals surface area contributed by atoms with Crippen LogP contribution in [0.1, 0.15) is 19.8 Å². The van der Waals surface area contributed by atoms with Crippen LogP contribution >= 0.6 is 0 Å². The van der Waals surface area contributed by atoms with Crippen LogP contribution in [0.15, 0.2) is 30.6 Å². The van der Waals surface area contributed by atoms with Gasteiger partial charge in [0.15, 0.2) is 0 Å². The van der Waals surface area contributed by atoms with Gasteiger partial charge in [-0.3, -0.25) is 9.20 Å². The van der Waals surface area contributed by atoms with E-state index < -0.39 is 0 Å². The number of ether oxygens (including phenoxy) is 1. The lowest BCUT2D eigenvalue weighted by molar-refractivity contribution is -0.127. The molecule has 5 heteroatoms. The van der Waals surface area contributed by atoms with Gasteiger partial charge in [0.2, 0.25) is 5.91 Å². The minimum absolute atomic E-state index is 0.0178. The molecule has 3 rings (SSSR count). The summed E-state index contributed by atoms with van der Waals surface area (Å²) in [4.78, 5) is 16.5. The molecule has 1 saturated heterocycles. The molecule has 0 spiro atoms. The van der Waals surface area contributed by atoms with Gasteiger partial charge in [0, 0.05) is 19.0 Å². The van der Waals surface area contributed by atoms with Crippen LogP contribution in [0.4, 0.5) is 5.82 Å². The Morgan fingerprint density at radius 3 is 3.26 bits per heavy atom. The molecule has 0 saturated carbocycles. The van der Waals surface area contributed by atoms with E-state index in [-0.39, 0.29) is 17.9 Å². The standard InChI is InChI=1S/C14H17N3O2/c1-10-11(4-3-9-19-10)14(18)16-13-6-2-5-12-15-7-8-17(12)13/h2,5-8,10-11H,3-4,9H2,1H3,(H,16,18). The molecular weight excluding hydrogens is 242 g/mol. The van der Waals surface area contributed by atoms with Crippen LogP contribution in [0.5, 0.6) is 0 Å². The van der Waals surface area contributed by atoms with E-state index >= 15 is 0 Å². The molecule has 2 aromatic heterocycles. The predicted molar refractivity (Wildman–Crippen MR) is 72.0 cm³/mol. The summed E-state index contributed by atoms with van der Waals surface area (Å²) in [6.07, 6.45) is 5.36. The van der Waals surface area contributed by atoms with Crippen LogP contribution in [0.25, 0.3) is 5.65 Å². The quantitative estimate of drug-likeness (QED) is 0.898. The largest absolute Gasteiger partial charge is 0.378 e. The highest BCUT2D eigenvalue weighted by atomic mass is 16.5. The Bertz CT molecular complexity index is 593. The van der Waals surface area contributed by atoms with E-state index in [0.717, 1.165) is 30.9 Å². The highest BCUT2D eigenvalue weighted by Crippen LogP contribution is 2.22. The van der Waals surface area contributed by atoms with Crippen LogP contribution in [0, 0.1) is 5.92 Å². The van der Waals surface area contributed by atoms with Gasteiger partial charge >= 0.3 is 0 Å². The summed E-state index contributed by atoms with van der Waals surface area (Å²) in [5.74, 6) is 0.693. The third-order valence-corrected chi connectivity index (χ3v) is 3.62. The zero-order chi connectivity index (χ0) is 13.2. The summed E-state index contributed by atoms with van der Waals surface area (Å²) in [5, 5.41) is 2.98. The van der Waals surface area contributed by atoms with E-state index in [2.05, 4.69) is 10.3 Å². The van der Waals surface area contributed by atoms with Gasteiger partial charge < -0.3 is 10.1 Å². The monoisotopic (exact) mass is 259 g/mol. The number of carbonyl (C=O) groups excluding carboxylic acids is 1.